The number of nitrogens with one attached hydrogen (secondary N) is 1. The molecule has 0 saturated carbocycles. The van der Waals surface area contributed by atoms with Crippen molar-refractivity contribution in [2.45, 2.75) is 56.4 Å². The molecule has 6 nitrogen and oxygen atoms in total. The van der Waals surface area contributed by atoms with Gasteiger partial charge in [-0.25, -0.2) is 13.4 Å². The van der Waals surface area contributed by atoms with Crippen molar-refractivity contribution in [1.82, 2.24) is 4.98 Å². The number of pyridine rings is 1. The number of benzene rings is 1. The number of nitrogens with zero attached hydrogens (tertiary/aromatic N) is 2. The summed E-state index contributed by atoms with van der Waals surface area (Å²) < 4.78 is 24.1. The van der Waals surface area contributed by atoms with Crippen LogP contribution in [0, 0.1) is 0 Å². The van der Waals surface area contributed by atoms with Crippen molar-refractivity contribution in [3.05, 3.63) is 48.2 Å². The van der Waals surface area contributed by atoms with E-state index >= 15 is 0 Å². The summed E-state index contributed by atoms with van der Waals surface area (Å²) in [5, 5.41) is 3.42. The molecular weight excluding hydrogens is 374 g/mol. The molecule has 1 fully saturated rings. The maximum Gasteiger partial charge on any atom is 0.227 e. The zero-order valence-electron chi connectivity index (χ0n) is 16.8. The first-order valence-electron chi connectivity index (χ1n) is 9.47. The Kier molecular flexibility index (Phi) is 5.48. The molecule has 1 N–H and O–H groups in total. The van der Waals surface area contributed by atoms with Crippen molar-refractivity contribution in [2.24, 2.45) is 0 Å². The van der Waals surface area contributed by atoms with E-state index < -0.39 is 14.6 Å². The Bertz CT molecular complexity index is 963. The fourth-order valence-electron chi connectivity index (χ4n) is 3.15. The van der Waals surface area contributed by atoms with Crippen LogP contribution in [-0.2, 0) is 14.6 Å². The molecule has 7 heteroatoms. The lowest BCUT2D eigenvalue weighted by atomic mass is 10.1. The number of sulfone groups is 1. The zero-order chi connectivity index (χ0) is 20.5. The van der Waals surface area contributed by atoms with Gasteiger partial charge in [-0.05, 0) is 63.9 Å². The van der Waals surface area contributed by atoms with Crippen molar-refractivity contribution < 1.29 is 13.2 Å². The fourth-order valence-corrected chi connectivity index (χ4v) is 4.22. The molecule has 150 valence electrons. The number of carbonyl (C=O) groups is 1. The van der Waals surface area contributed by atoms with Gasteiger partial charge in [0.2, 0.25) is 5.91 Å². The second-order valence-electron chi connectivity index (χ2n) is 8.11. The number of anilines is 2. The van der Waals surface area contributed by atoms with Crippen LogP contribution in [0.4, 0.5) is 11.4 Å². The van der Waals surface area contributed by atoms with Crippen LogP contribution in [0.25, 0.3) is 0 Å². The van der Waals surface area contributed by atoms with Gasteiger partial charge < -0.3 is 10.2 Å². The van der Waals surface area contributed by atoms with Gasteiger partial charge in [-0.1, -0.05) is 12.1 Å². The van der Waals surface area contributed by atoms with E-state index in [1.54, 1.807) is 33.0 Å². The lowest BCUT2D eigenvalue weighted by molar-refractivity contribution is -0.117. The van der Waals surface area contributed by atoms with Crippen LogP contribution in [0.2, 0.25) is 0 Å². The van der Waals surface area contributed by atoms with Gasteiger partial charge in [0.15, 0.2) is 14.9 Å². The Balaban J connectivity index is 1.75. The van der Waals surface area contributed by atoms with Crippen LogP contribution in [0.5, 0.6) is 0 Å². The fraction of sp³-hybridized carbons (Fsp3) is 0.429. The summed E-state index contributed by atoms with van der Waals surface area (Å²) in [5.74, 6) is 0.164. The summed E-state index contributed by atoms with van der Waals surface area (Å²) in [6, 6.07) is 11.2. The van der Waals surface area contributed by atoms with E-state index in [4.69, 9.17) is 0 Å². The summed E-state index contributed by atoms with van der Waals surface area (Å²) in [4.78, 5) is 18.0. The Morgan fingerprint density at radius 2 is 1.93 bits per heavy atom. The number of rotatable bonds is 5. The number of hydrogen-bond acceptors (Lipinski definition) is 5. The summed E-state index contributed by atoms with van der Waals surface area (Å²) in [6.45, 7) is 7.77. The second-order valence-corrected chi connectivity index (χ2v) is 10.8. The molecule has 1 unspecified atom stereocenters. The minimum atomic E-state index is -3.47. The average molecular weight is 402 g/mol. The van der Waals surface area contributed by atoms with Gasteiger partial charge in [-0.2, -0.15) is 0 Å². The minimum absolute atomic E-state index is 0.0236. The minimum Gasteiger partial charge on any atom is -0.377 e. The topological polar surface area (TPSA) is 79.4 Å². The molecule has 0 aliphatic carbocycles. The maximum atomic E-state index is 12.5. The van der Waals surface area contributed by atoms with Gasteiger partial charge >= 0.3 is 0 Å². The molecule has 1 aliphatic heterocycles. The van der Waals surface area contributed by atoms with Crippen molar-refractivity contribution in [2.75, 3.05) is 16.8 Å². The first-order valence-corrected chi connectivity index (χ1v) is 11.0. The van der Waals surface area contributed by atoms with E-state index in [9.17, 15) is 13.2 Å². The maximum absolute atomic E-state index is 12.5. The van der Waals surface area contributed by atoms with E-state index in [1.165, 1.54) is 6.07 Å². The first kappa shape index (κ1) is 20.3. The second kappa shape index (κ2) is 7.54. The molecule has 1 aromatic carbocycles. The number of amides is 1. The Morgan fingerprint density at radius 3 is 2.50 bits per heavy atom. The van der Waals surface area contributed by atoms with E-state index in [0.29, 0.717) is 6.42 Å². The van der Waals surface area contributed by atoms with Crippen molar-refractivity contribution >= 4 is 27.1 Å². The average Bonchev–Trinajstić information content (AvgIpc) is 3.07. The van der Waals surface area contributed by atoms with Gasteiger partial charge in [0, 0.05) is 24.7 Å². The summed E-state index contributed by atoms with van der Waals surface area (Å²) in [7, 11) is -3.47. The summed E-state index contributed by atoms with van der Waals surface area (Å²) >= 11 is 0. The van der Waals surface area contributed by atoms with Crippen LogP contribution < -0.4 is 10.2 Å². The molecule has 1 atom stereocenters. The highest BCUT2D eigenvalue weighted by molar-refractivity contribution is 7.92. The molecule has 2 aromatic rings. The smallest absolute Gasteiger partial charge is 0.227 e. The lowest BCUT2D eigenvalue weighted by Gasteiger charge is -2.21. The third-order valence-electron chi connectivity index (χ3n) is 4.96. The molecule has 1 amide bonds. The Labute approximate surface area is 166 Å². The quantitative estimate of drug-likeness (QED) is 0.820. The normalized spacial score (nSPS) is 16.3. The van der Waals surface area contributed by atoms with Crippen LogP contribution in [-0.4, -0.2) is 30.6 Å². The molecule has 3 rings (SSSR count). The molecule has 28 heavy (non-hydrogen) atoms. The van der Waals surface area contributed by atoms with Gasteiger partial charge in [-0.3, -0.25) is 4.79 Å². The molecule has 1 aromatic heterocycles. The molecule has 0 spiro atoms. The van der Waals surface area contributed by atoms with Gasteiger partial charge in [0.25, 0.3) is 0 Å². The highest BCUT2D eigenvalue weighted by Gasteiger charge is 2.32. The third kappa shape index (κ3) is 4.04. The monoisotopic (exact) mass is 401 g/mol. The summed E-state index contributed by atoms with van der Waals surface area (Å²) in [5.41, 5.74) is 2.70. The molecule has 2 heterocycles. The number of aromatic nitrogens is 1. The predicted molar refractivity (Wildman–Crippen MR) is 111 cm³/mol. The highest BCUT2D eigenvalue weighted by atomic mass is 32.2. The molecule has 1 saturated heterocycles. The van der Waals surface area contributed by atoms with Crippen LogP contribution in [0.1, 0.15) is 52.1 Å². The van der Waals surface area contributed by atoms with Crippen molar-refractivity contribution in [3.8, 4) is 0 Å². The van der Waals surface area contributed by atoms with Gasteiger partial charge in [-0.15, -0.1) is 0 Å². The number of hydrogen-bond donors (Lipinski definition) is 1. The first-order chi connectivity index (χ1) is 13.1. The predicted octanol–water partition coefficient (Wildman–Crippen LogP) is 3.95. The van der Waals surface area contributed by atoms with Crippen LogP contribution in [0.15, 0.2) is 47.6 Å². The van der Waals surface area contributed by atoms with E-state index in [-0.39, 0.29) is 17.0 Å². The zero-order valence-corrected chi connectivity index (χ0v) is 17.6. The van der Waals surface area contributed by atoms with Gasteiger partial charge in [0.05, 0.1) is 16.6 Å². The van der Waals surface area contributed by atoms with Gasteiger partial charge in [0.1, 0.15) is 0 Å². The SMILES string of the molecule is CC(Nc1ccc(S(=O)(=O)C(C)(C)C)nc1)c1cccc(N2CCCC2=O)c1. The van der Waals surface area contributed by atoms with E-state index in [2.05, 4.69) is 10.3 Å². The van der Waals surface area contributed by atoms with E-state index in [0.717, 1.165) is 29.9 Å². The van der Waals surface area contributed by atoms with Crippen LogP contribution in [0.3, 0.4) is 0 Å². The lowest BCUT2D eigenvalue weighted by Crippen LogP contribution is -2.28. The molecule has 0 bridgehead atoms. The Morgan fingerprint density at radius 1 is 1.18 bits per heavy atom. The third-order valence-corrected chi connectivity index (χ3v) is 7.36. The molecular formula is C21H27N3O3S. The van der Waals surface area contributed by atoms with Crippen molar-refractivity contribution in [3.63, 3.8) is 0 Å². The van der Waals surface area contributed by atoms with E-state index in [1.807, 2.05) is 36.1 Å². The highest BCUT2D eigenvalue weighted by Crippen LogP contribution is 2.27. The molecule has 1 aliphatic rings. The number of carbonyl (C=O) groups excluding carboxylic acids is 1. The standard InChI is InChI=1S/C21H27N3O3S/c1-15(16-7-5-8-18(13-16)24-12-6-9-20(24)25)23-17-10-11-19(22-14-17)28(26,27)21(2,3)4/h5,7-8,10-11,13-15,23H,6,9,12H2,1-4H3. The largest absolute Gasteiger partial charge is 0.377 e. The Hall–Kier alpha value is -2.41. The van der Waals surface area contributed by atoms with Crippen LogP contribution >= 0.6 is 0 Å². The van der Waals surface area contributed by atoms with Crippen molar-refractivity contribution in [1.29, 1.82) is 0 Å². The molecule has 0 radical (unpaired) electrons. The summed E-state index contributed by atoms with van der Waals surface area (Å²) in [6.07, 6.45) is 3.04.